The van der Waals surface area contributed by atoms with Gasteiger partial charge >= 0.3 is 0 Å². The summed E-state index contributed by atoms with van der Waals surface area (Å²) in [5, 5.41) is 0.391. The average molecular weight is 445 g/mol. The highest BCUT2D eigenvalue weighted by atomic mass is 32.2. The molecule has 2 aromatic carbocycles. The number of thioether (sulfide) groups is 1. The van der Waals surface area contributed by atoms with Gasteiger partial charge in [0.05, 0.1) is 24.0 Å². The van der Waals surface area contributed by atoms with Gasteiger partial charge in [0.2, 0.25) is 6.79 Å². The lowest BCUT2D eigenvalue weighted by molar-refractivity contribution is -0.117. The number of carbonyl (C=O) groups excluding carboxylic acids is 1. The number of hydrogen-bond donors (Lipinski definition) is 0. The summed E-state index contributed by atoms with van der Waals surface area (Å²) in [5.41, 5.74) is 2.78. The fraction of sp³-hybridized carbons (Fsp3) is 0.333. The first-order chi connectivity index (χ1) is 14.4. The molecule has 156 valence electrons. The van der Waals surface area contributed by atoms with E-state index >= 15 is 0 Å². The number of hydrogen-bond acceptors (Lipinski definition) is 6. The molecule has 2 aromatic rings. The lowest BCUT2D eigenvalue weighted by Gasteiger charge is -2.24. The Kier molecular flexibility index (Phi) is 4.74. The number of amides is 1. The van der Waals surface area contributed by atoms with Crippen molar-refractivity contribution in [2.45, 2.75) is 24.6 Å². The first kappa shape index (κ1) is 19.4. The molecule has 7 nitrogen and oxygen atoms in total. The number of aryl methyl sites for hydroxylation is 1. The van der Waals surface area contributed by atoms with Crippen LogP contribution in [0.25, 0.3) is 0 Å². The molecule has 3 aliphatic rings. The second-order valence-corrected chi connectivity index (χ2v) is 11.0. The van der Waals surface area contributed by atoms with Gasteiger partial charge in [0.25, 0.3) is 5.91 Å². The molecular formula is C21H20N2O5S2. The molecule has 0 unspecified atom stereocenters. The number of ether oxygens (including phenoxy) is 2. The van der Waals surface area contributed by atoms with E-state index in [4.69, 9.17) is 9.47 Å². The van der Waals surface area contributed by atoms with Crippen molar-refractivity contribution in [3.05, 3.63) is 53.6 Å². The molecule has 9 heteroatoms. The molecule has 2 atom stereocenters. The number of anilines is 1. The minimum Gasteiger partial charge on any atom is -0.454 e. The minimum atomic E-state index is -3.12. The number of sulfone groups is 1. The van der Waals surface area contributed by atoms with E-state index in [0.29, 0.717) is 16.7 Å². The first-order valence-corrected chi connectivity index (χ1v) is 12.3. The number of aliphatic imine (C=N–C) groups is 1. The van der Waals surface area contributed by atoms with E-state index in [1.54, 1.807) is 6.07 Å². The summed E-state index contributed by atoms with van der Waals surface area (Å²) in [6.07, 6.45) is 0.201. The highest BCUT2D eigenvalue weighted by Crippen LogP contribution is 2.43. The van der Waals surface area contributed by atoms with Gasteiger partial charge in [-0.15, -0.1) is 0 Å². The first-order valence-electron chi connectivity index (χ1n) is 9.61. The van der Waals surface area contributed by atoms with Crippen LogP contribution >= 0.6 is 11.8 Å². The van der Waals surface area contributed by atoms with E-state index in [0.717, 1.165) is 16.8 Å². The van der Waals surface area contributed by atoms with Gasteiger partial charge in [-0.2, -0.15) is 4.99 Å². The predicted molar refractivity (Wildman–Crippen MR) is 116 cm³/mol. The van der Waals surface area contributed by atoms with Crippen LogP contribution in [-0.4, -0.2) is 49.1 Å². The molecule has 2 fully saturated rings. The summed E-state index contributed by atoms with van der Waals surface area (Å²) >= 11 is 1.36. The topological polar surface area (TPSA) is 85.3 Å². The van der Waals surface area contributed by atoms with Crippen molar-refractivity contribution in [3.8, 4) is 11.5 Å². The summed E-state index contributed by atoms with van der Waals surface area (Å²) < 4.78 is 35.3. The molecule has 0 bridgehead atoms. The third-order valence-corrected chi connectivity index (χ3v) is 8.61. The molecular weight excluding hydrogens is 424 g/mol. The predicted octanol–water partition coefficient (Wildman–Crippen LogP) is 2.57. The van der Waals surface area contributed by atoms with Crippen LogP contribution in [0.5, 0.6) is 11.5 Å². The van der Waals surface area contributed by atoms with Gasteiger partial charge in [0, 0.05) is 17.0 Å². The second kappa shape index (κ2) is 7.31. The molecule has 3 heterocycles. The third-order valence-electron chi connectivity index (χ3n) is 5.40. The van der Waals surface area contributed by atoms with Gasteiger partial charge in [-0.3, -0.25) is 4.79 Å². The zero-order valence-electron chi connectivity index (χ0n) is 16.3. The standard InChI is InChI=1S/C21H20N2O5S2/c1-13-2-4-14(5-3-13)8-20(24)22-21-23(16-10-30(25,26)11-19(16)29-21)15-6-7-17-18(9-15)28-12-27-17/h2-7,9,16,19H,8,10-12H2,1H3/t16-,19+/m0/s1. The Balaban J connectivity index is 1.46. The lowest BCUT2D eigenvalue weighted by Crippen LogP contribution is -2.37. The monoisotopic (exact) mass is 444 g/mol. The minimum absolute atomic E-state index is 0.0459. The van der Waals surface area contributed by atoms with Gasteiger partial charge in [0.1, 0.15) is 0 Å². The average Bonchev–Trinajstić information content (AvgIpc) is 3.34. The van der Waals surface area contributed by atoms with Crippen LogP contribution < -0.4 is 14.4 Å². The third kappa shape index (κ3) is 3.67. The van der Waals surface area contributed by atoms with Crippen molar-refractivity contribution in [2.75, 3.05) is 23.2 Å². The summed E-state index contributed by atoms with van der Waals surface area (Å²) in [6, 6.07) is 13.0. The molecule has 0 aliphatic carbocycles. The maximum atomic E-state index is 12.7. The van der Waals surface area contributed by atoms with Crippen molar-refractivity contribution < 1.29 is 22.7 Å². The van der Waals surface area contributed by atoms with Crippen LogP contribution in [0.3, 0.4) is 0 Å². The molecule has 5 rings (SSSR count). The zero-order valence-corrected chi connectivity index (χ0v) is 17.9. The van der Waals surface area contributed by atoms with Gasteiger partial charge in [-0.1, -0.05) is 41.6 Å². The van der Waals surface area contributed by atoms with Gasteiger partial charge in [0.15, 0.2) is 26.5 Å². The Morgan fingerprint density at radius 2 is 1.90 bits per heavy atom. The summed E-state index contributed by atoms with van der Waals surface area (Å²) in [6.45, 7) is 2.15. The number of carbonyl (C=O) groups is 1. The van der Waals surface area contributed by atoms with Crippen molar-refractivity contribution in [1.82, 2.24) is 0 Å². The van der Waals surface area contributed by atoms with E-state index in [-0.39, 0.29) is 41.9 Å². The Labute approximate surface area is 179 Å². The van der Waals surface area contributed by atoms with E-state index in [9.17, 15) is 13.2 Å². The fourth-order valence-electron chi connectivity index (χ4n) is 3.93. The lowest BCUT2D eigenvalue weighted by atomic mass is 10.1. The number of benzene rings is 2. The highest BCUT2D eigenvalue weighted by Gasteiger charge is 2.49. The SMILES string of the molecule is Cc1ccc(CC(=O)N=C2S[C@@H]3CS(=O)(=O)C[C@@H]3N2c2ccc3c(c2)OCO3)cc1. The van der Waals surface area contributed by atoms with Gasteiger partial charge in [-0.05, 0) is 24.6 Å². The molecule has 2 saturated heterocycles. The molecule has 1 amide bonds. The maximum Gasteiger partial charge on any atom is 0.252 e. The number of amidine groups is 1. The second-order valence-electron chi connectivity index (χ2n) is 7.66. The molecule has 3 aliphatic heterocycles. The van der Waals surface area contributed by atoms with Crippen molar-refractivity contribution in [3.63, 3.8) is 0 Å². The molecule has 0 N–H and O–H groups in total. The van der Waals surface area contributed by atoms with Crippen LogP contribution in [0.4, 0.5) is 5.69 Å². The molecule has 0 radical (unpaired) electrons. The van der Waals surface area contributed by atoms with Crippen LogP contribution in [0.1, 0.15) is 11.1 Å². The van der Waals surface area contributed by atoms with Crippen molar-refractivity contribution in [1.29, 1.82) is 0 Å². The Bertz CT molecular complexity index is 1140. The van der Waals surface area contributed by atoms with E-state index < -0.39 is 9.84 Å². The maximum absolute atomic E-state index is 12.7. The smallest absolute Gasteiger partial charge is 0.252 e. The Morgan fingerprint density at radius 3 is 2.70 bits per heavy atom. The number of rotatable bonds is 3. The summed E-state index contributed by atoms with van der Waals surface area (Å²) in [4.78, 5) is 18.9. The van der Waals surface area contributed by atoms with Crippen molar-refractivity contribution >= 4 is 38.4 Å². The van der Waals surface area contributed by atoms with Gasteiger partial charge in [-0.25, -0.2) is 8.42 Å². The van der Waals surface area contributed by atoms with Crippen LogP contribution in [0.2, 0.25) is 0 Å². The molecule has 30 heavy (non-hydrogen) atoms. The molecule has 0 spiro atoms. The largest absolute Gasteiger partial charge is 0.454 e. The Hall–Kier alpha value is -2.52. The number of nitrogens with zero attached hydrogens (tertiary/aromatic N) is 2. The number of fused-ring (bicyclic) bond motifs is 2. The van der Waals surface area contributed by atoms with Gasteiger partial charge < -0.3 is 14.4 Å². The van der Waals surface area contributed by atoms with E-state index in [1.807, 2.05) is 48.2 Å². The zero-order chi connectivity index (χ0) is 20.9. The summed E-state index contributed by atoms with van der Waals surface area (Å²) in [7, 11) is -3.12. The van der Waals surface area contributed by atoms with E-state index in [1.165, 1.54) is 11.8 Å². The quantitative estimate of drug-likeness (QED) is 0.719. The fourth-order valence-corrected chi connectivity index (χ4v) is 7.86. The van der Waals surface area contributed by atoms with E-state index in [2.05, 4.69) is 4.99 Å². The highest BCUT2D eigenvalue weighted by molar-refractivity contribution is 8.16. The summed E-state index contributed by atoms with van der Waals surface area (Å²) in [5.74, 6) is 1.14. The Morgan fingerprint density at radius 1 is 1.13 bits per heavy atom. The van der Waals surface area contributed by atoms with Crippen molar-refractivity contribution in [2.24, 2.45) is 4.99 Å². The molecule has 0 aromatic heterocycles. The van der Waals surface area contributed by atoms with Crippen LogP contribution in [0, 0.1) is 6.92 Å². The molecule has 0 saturated carbocycles. The normalized spacial score (nSPS) is 25.0. The van der Waals surface area contributed by atoms with Crippen LogP contribution in [-0.2, 0) is 21.1 Å². The van der Waals surface area contributed by atoms with Crippen LogP contribution in [0.15, 0.2) is 47.5 Å².